The van der Waals surface area contributed by atoms with E-state index < -0.39 is 0 Å². The van der Waals surface area contributed by atoms with Crippen molar-refractivity contribution in [2.75, 3.05) is 0 Å². The van der Waals surface area contributed by atoms with E-state index >= 15 is 0 Å². The zero-order valence-corrected chi connectivity index (χ0v) is 11.7. The van der Waals surface area contributed by atoms with Gasteiger partial charge in [-0.2, -0.15) is 0 Å². The Hall–Kier alpha value is -1.38. The van der Waals surface area contributed by atoms with Crippen LogP contribution in [0.3, 0.4) is 0 Å². The number of aromatic nitrogens is 1. The predicted molar refractivity (Wildman–Crippen MR) is 75.5 cm³/mol. The number of nitrogens with one attached hydrogen (secondary N) is 1. The number of aliphatic imine (C=N–C) groups is 2. The normalized spacial score (nSPS) is 14.0. The summed E-state index contributed by atoms with van der Waals surface area (Å²) in [4.78, 5) is 12.2. The zero-order chi connectivity index (χ0) is 13.1. The summed E-state index contributed by atoms with van der Waals surface area (Å²) in [5.41, 5.74) is 1.95. The van der Waals surface area contributed by atoms with Gasteiger partial charge in [0.1, 0.15) is 0 Å². The highest BCUT2D eigenvalue weighted by Crippen LogP contribution is 2.08. The summed E-state index contributed by atoms with van der Waals surface area (Å²) in [7, 11) is 0. The summed E-state index contributed by atoms with van der Waals surface area (Å²) < 4.78 is 0. The number of hydrogen-bond acceptors (Lipinski definition) is 2. The van der Waals surface area contributed by atoms with Crippen LogP contribution in [0.15, 0.2) is 22.1 Å². The van der Waals surface area contributed by atoms with Crippen molar-refractivity contribution in [2.45, 2.75) is 52.6 Å². The lowest BCUT2D eigenvalue weighted by atomic mass is 10.1. The fourth-order valence-electron chi connectivity index (χ4n) is 1.11. The molecular formula is C14H23N3. The van der Waals surface area contributed by atoms with Crippen molar-refractivity contribution in [3.05, 3.63) is 23.5 Å². The van der Waals surface area contributed by atoms with Crippen molar-refractivity contribution in [1.82, 2.24) is 4.98 Å². The van der Waals surface area contributed by atoms with E-state index in [2.05, 4.69) is 56.5 Å². The quantitative estimate of drug-likeness (QED) is 0.760. The van der Waals surface area contributed by atoms with E-state index in [1.807, 2.05) is 24.6 Å². The monoisotopic (exact) mass is 233 g/mol. The SMILES string of the molecule is CC(C)(C)N=Cc1ccc(C=NC(C)(C)C)[nH]1. The van der Waals surface area contributed by atoms with Gasteiger partial charge in [0.25, 0.3) is 0 Å². The molecule has 17 heavy (non-hydrogen) atoms. The molecule has 3 heteroatoms. The minimum Gasteiger partial charge on any atom is -0.353 e. The van der Waals surface area contributed by atoms with Crippen LogP contribution in [-0.2, 0) is 0 Å². The van der Waals surface area contributed by atoms with Crippen LogP contribution >= 0.6 is 0 Å². The van der Waals surface area contributed by atoms with Gasteiger partial charge in [0.15, 0.2) is 0 Å². The molecule has 0 atom stereocenters. The first-order valence-electron chi connectivity index (χ1n) is 5.95. The lowest BCUT2D eigenvalue weighted by molar-refractivity contribution is 0.586. The molecular weight excluding hydrogens is 210 g/mol. The molecule has 0 aromatic carbocycles. The van der Waals surface area contributed by atoms with Crippen molar-refractivity contribution >= 4 is 12.4 Å². The minimum absolute atomic E-state index is 0.0369. The number of hydrogen-bond donors (Lipinski definition) is 1. The Kier molecular flexibility index (Phi) is 3.91. The Bertz CT molecular complexity index is 373. The fraction of sp³-hybridized carbons (Fsp3) is 0.571. The van der Waals surface area contributed by atoms with E-state index in [0.717, 1.165) is 11.4 Å². The van der Waals surface area contributed by atoms with Crippen LogP contribution < -0.4 is 0 Å². The fourth-order valence-corrected chi connectivity index (χ4v) is 1.11. The van der Waals surface area contributed by atoms with Crippen LogP contribution in [0, 0.1) is 0 Å². The minimum atomic E-state index is -0.0369. The van der Waals surface area contributed by atoms with Gasteiger partial charge in [0.2, 0.25) is 0 Å². The molecule has 3 nitrogen and oxygen atoms in total. The molecule has 94 valence electrons. The Morgan fingerprint density at radius 1 is 0.824 bits per heavy atom. The maximum absolute atomic E-state index is 4.45. The van der Waals surface area contributed by atoms with Gasteiger partial charge in [-0.3, -0.25) is 9.98 Å². The molecule has 0 radical (unpaired) electrons. The van der Waals surface area contributed by atoms with Gasteiger partial charge in [0, 0.05) is 12.4 Å². The standard InChI is InChI=1S/C14H23N3/c1-13(2,3)15-9-11-7-8-12(17-11)10-16-14(4,5)6/h7-10,17H,1-6H3. The van der Waals surface area contributed by atoms with E-state index in [-0.39, 0.29) is 11.1 Å². The number of H-pyrrole nitrogens is 1. The lowest BCUT2D eigenvalue weighted by Crippen LogP contribution is -2.10. The maximum atomic E-state index is 4.45. The Morgan fingerprint density at radius 3 is 1.47 bits per heavy atom. The summed E-state index contributed by atoms with van der Waals surface area (Å²) in [6.45, 7) is 12.5. The molecule has 0 saturated heterocycles. The van der Waals surface area contributed by atoms with Crippen LogP contribution in [0.5, 0.6) is 0 Å². The second kappa shape index (κ2) is 4.86. The second-order valence-electron chi connectivity index (χ2n) is 6.23. The third-order valence-electron chi connectivity index (χ3n) is 1.91. The molecule has 0 bridgehead atoms. The van der Waals surface area contributed by atoms with E-state index in [0.29, 0.717) is 0 Å². The van der Waals surface area contributed by atoms with Gasteiger partial charge in [-0.1, -0.05) is 0 Å². The number of aromatic amines is 1. The van der Waals surface area contributed by atoms with Crippen molar-refractivity contribution < 1.29 is 0 Å². The zero-order valence-electron chi connectivity index (χ0n) is 11.7. The molecule has 0 aliphatic heterocycles. The van der Waals surface area contributed by atoms with E-state index in [1.54, 1.807) is 0 Å². The van der Waals surface area contributed by atoms with Gasteiger partial charge in [-0.05, 0) is 53.7 Å². The first-order chi connectivity index (χ1) is 7.66. The van der Waals surface area contributed by atoms with Crippen molar-refractivity contribution in [1.29, 1.82) is 0 Å². The molecule has 0 aliphatic rings. The third-order valence-corrected chi connectivity index (χ3v) is 1.91. The van der Waals surface area contributed by atoms with Crippen LogP contribution in [0.4, 0.5) is 0 Å². The van der Waals surface area contributed by atoms with Gasteiger partial charge >= 0.3 is 0 Å². The van der Waals surface area contributed by atoms with Crippen LogP contribution in [-0.4, -0.2) is 28.5 Å². The van der Waals surface area contributed by atoms with Crippen molar-refractivity contribution in [2.24, 2.45) is 9.98 Å². The van der Waals surface area contributed by atoms with E-state index in [4.69, 9.17) is 0 Å². The smallest absolute Gasteiger partial charge is 0.0567 e. The highest BCUT2D eigenvalue weighted by Gasteiger charge is 2.06. The van der Waals surface area contributed by atoms with E-state index in [9.17, 15) is 0 Å². The van der Waals surface area contributed by atoms with Crippen LogP contribution in [0.2, 0.25) is 0 Å². The summed E-state index contributed by atoms with van der Waals surface area (Å²) in [6.07, 6.45) is 3.74. The Morgan fingerprint density at radius 2 is 1.18 bits per heavy atom. The molecule has 1 heterocycles. The molecule has 1 aromatic rings. The second-order valence-corrected chi connectivity index (χ2v) is 6.23. The molecule has 0 unspecified atom stereocenters. The van der Waals surface area contributed by atoms with Crippen LogP contribution in [0.1, 0.15) is 52.9 Å². The van der Waals surface area contributed by atoms with Crippen molar-refractivity contribution in [3.8, 4) is 0 Å². The highest BCUT2D eigenvalue weighted by molar-refractivity contribution is 5.83. The molecule has 0 aliphatic carbocycles. The topological polar surface area (TPSA) is 40.5 Å². The van der Waals surface area contributed by atoms with Gasteiger partial charge < -0.3 is 4.98 Å². The van der Waals surface area contributed by atoms with E-state index in [1.165, 1.54) is 0 Å². The summed E-state index contributed by atoms with van der Waals surface area (Å²) in [6, 6.07) is 4.03. The van der Waals surface area contributed by atoms with Gasteiger partial charge in [-0.25, -0.2) is 0 Å². The Labute approximate surface area is 104 Å². The third kappa shape index (κ3) is 6.05. The lowest BCUT2D eigenvalue weighted by Gasteiger charge is -2.10. The largest absolute Gasteiger partial charge is 0.353 e. The Balaban J connectivity index is 2.73. The average Bonchev–Trinajstić information content (AvgIpc) is 2.57. The van der Waals surface area contributed by atoms with Gasteiger partial charge in [0.05, 0.1) is 22.5 Å². The summed E-state index contributed by atoms with van der Waals surface area (Å²) >= 11 is 0. The van der Waals surface area contributed by atoms with Gasteiger partial charge in [-0.15, -0.1) is 0 Å². The summed E-state index contributed by atoms with van der Waals surface area (Å²) in [5.74, 6) is 0. The molecule has 1 aromatic heterocycles. The van der Waals surface area contributed by atoms with Crippen LogP contribution in [0.25, 0.3) is 0 Å². The first kappa shape index (κ1) is 13.7. The molecule has 1 rings (SSSR count). The first-order valence-corrected chi connectivity index (χ1v) is 5.95. The summed E-state index contributed by atoms with van der Waals surface area (Å²) in [5, 5.41) is 0. The predicted octanol–water partition coefficient (Wildman–Crippen LogP) is 3.45. The number of rotatable bonds is 2. The van der Waals surface area contributed by atoms with Crippen molar-refractivity contribution in [3.63, 3.8) is 0 Å². The average molecular weight is 233 g/mol. The maximum Gasteiger partial charge on any atom is 0.0567 e. The molecule has 0 amide bonds. The molecule has 0 spiro atoms. The molecule has 0 saturated carbocycles. The molecule has 1 N–H and O–H groups in total. The number of nitrogens with zero attached hydrogens (tertiary/aromatic N) is 2. The molecule has 0 fully saturated rings. The highest BCUT2D eigenvalue weighted by atomic mass is 14.9.